The number of piperidine rings is 1. The topological polar surface area (TPSA) is 49.9 Å². The van der Waals surface area contributed by atoms with E-state index in [9.17, 15) is 9.59 Å². The first-order valence-electron chi connectivity index (χ1n) is 11.9. The van der Waals surface area contributed by atoms with Gasteiger partial charge in [-0.3, -0.25) is 9.69 Å². The van der Waals surface area contributed by atoms with Crippen molar-refractivity contribution in [2.24, 2.45) is 17.8 Å². The molecule has 0 N–H and O–H groups in total. The molecule has 4 aliphatic carbocycles. The Morgan fingerprint density at radius 2 is 1.53 bits per heavy atom. The van der Waals surface area contributed by atoms with Crippen LogP contribution in [0.1, 0.15) is 63.4 Å². The molecule has 162 valence electrons. The van der Waals surface area contributed by atoms with Gasteiger partial charge in [-0.25, -0.2) is 4.79 Å². The number of ether oxygens (including phenoxy) is 1. The highest BCUT2D eigenvalue weighted by Crippen LogP contribution is 2.57. The predicted molar refractivity (Wildman–Crippen MR) is 115 cm³/mol. The molecule has 5 heteroatoms. The van der Waals surface area contributed by atoms with Crippen LogP contribution in [0.2, 0.25) is 0 Å². The first-order valence-corrected chi connectivity index (χ1v) is 11.9. The van der Waals surface area contributed by atoms with Crippen molar-refractivity contribution in [2.45, 2.75) is 69.9 Å². The van der Waals surface area contributed by atoms with Gasteiger partial charge in [-0.2, -0.15) is 0 Å². The van der Waals surface area contributed by atoms with Crippen molar-refractivity contribution in [1.82, 2.24) is 9.80 Å². The average molecular weight is 411 g/mol. The van der Waals surface area contributed by atoms with Crippen LogP contribution in [-0.2, 0) is 16.1 Å². The smallest absolute Gasteiger partial charge is 0.411 e. The van der Waals surface area contributed by atoms with Crippen LogP contribution in [0.5, 0.6) is 0 Å². The van der Waals surface area contributed by atoms with E-state index in [0.717, 1.165) is 50.8 Å². The van der Waals surface area contributed by atoms with E-state index in [0.29, 0.717) is 17.8 Å². The van der Waals surface area contributed by atoms with Gasteiger partial charge in [0, 0.05) is 18.6 Å². The van der Waals surface area contributed by atoms with Crippen LogP contribution in [0.15, 0.2) is 30.3 Å². The quantitative estimate of drug-likeness (QED) is 0.712. The second-order valence-electron chi connectivity index (χ2n) is 10.2. The monoisotopic (exact) mass is 410 g/mol. The summed E-state index contributed by atoms with van der Waals surface area (Å²) in [6.07, 6.45) is 10.1. The molecule has 1 aromatic carbocycles. The Labute approximate surface area is 179 Å². The lowest BCUT2D eigenvalue weighted by Gasteiger charge is -2.60. The molecular weight excluding hydrogens is 376 g/mol. The fourth-order valence-electron chi connectivity index (χ4n) is 7.00. The van der Waals surface area contributed by atoms with E-state index in [2.05, 4.69) is 0 Å². The van der Waals surface area contributed by atoms with Crippen LogP contribution in [0.3, 0.4) is 0 Å². The van der Waals surface area contributed by atoms with Crippen LogP contribution in [0.4, 0.5) is 4.79 Å². The Kier molecular flexibility index (Phi) is 5.46. The zero-order valence-electron chi connectivity index (χ0n) is 17.9. The molecule has 30 heavy (non-hydrogen) atoms. The summed E-state index contributed by atoms with van der Waals surface area (Å²) in [6, 6.07) is 9.83. The van der Waals surface area contributed by atoms with E-state index >= 15 is 0 Å². The van der Waals surface area contributed by atoms with Gasteiger partial charge in [-0.1, -0.05) is 30.3 Å². The van der Waals surface area contributed by atoms with Crippen LogP contribution < -0.4 is 0 Å². The molecule has 4 bridgehead atoms. The first kappa shape index (κ1) is 19.9. The van der Waals surface area contributed by atoms with Gasteiger partial charge in [-0.15, -0.1) is 0 Å². The molecule has 4 saturated carbocycles. The fraction of sp³-hybridized carbons (Fsp3) is 0.680. The Hall–Kier alpha value is -2.04. The van der Waals surface area contributed by atoms with Crippen LogP contribution in [-0.4, -0.2) is 47.0 Å². The zero-order chi connectivity index (χ0) is 20.6. The predicted octanol–water partition coefficient (Wildman–Crippen LogP) is 4.61. The molecule has 5 fully saturated rings. The summed E-state index contributed by atoms with van der Waals surface area (Å²) >= 11 is 0. The van der Waals surface area contributed by atoms with Crippen LogP contribution in [0, 0.1) is 17.8 Å². The molecule has 0 radical (unpaired) electrons. The second kappa shape index (κ2) is 8.24. The van der Waals surface area contributed by atoms with Crippen molar-refractivity contribution in [1.29, 1.82) is 0 Å². The molecule has 0 unspecified atom stereocenters. The number of likely N-dealkylation sites (tertiary alicyclic amines) is 1. The Balaban J connectivity index is 1.34. The molecule has 0 aromatic heterocycles. The normalized spacial score (nSPS) is 32.1. The molecule has 1 saturated heterocycles. The van der Waals surface area contributed by atoms with Crippen molar-refractivity contribution in [3.05, 3.63) is 35.9 Å². The highest BCUT2D eigenvalue weighted by atomic mass is 16.6. The van der Waals surface area contributed by atoms with E-state index in [1.165, 1.54) is 25.7 Å². The molecular formula is C25H34N2O3. The molecule has 5 aliphatic rings. The second-order valence-corrected chi connectivity index (χ2v) is 10.2. The van der Waals surface area contributed by atoms with Gasteiger partial charge in [0.15, 0.2) is 0 Å². The Morgan fingerprint density at radius 1 is 0.933 bits per heavy atom. The summed E-state index contributed by atoms with van der Waals surface area (Å²) in [7, 11) is 0. The van der Waals surface area contributed by atoms with Crippen molar-refractivity contribution < 1.29 is 14.3 Å². The fourth-order valence-corrected chi connectivity index (χ4v) is 7.00. The lowest BCUT2D eigenvalue weighted by molar-refractivity contribution is -0.139. The molecule has 0 spiro atoms. The van der Waals surface area contributed by atoms with E-state index in [-0.39, 0.29) is 30.7 Å². The summed E-state index contributed by atoms with van der Waals surface area (Å²) < 4.78 is 5.78. The number of hydrogen-bond acceptors (Lipinski definition) is 3. The highest BCUT2D eigenvalue weighted by molar-refractivity contribution is 5.83. The van der Waals surface area contributed by atoms with Gasteiger partial charge in [0.2, 0.25) is 5.91 Å². The number of nitrogens with zero attached hydrogens (tertiary/aromatic N) is 2. The molecule has 6 rings (SSSR count). The van der Waals surface area contributed by atoms with Gasteiger partial charge in [0.05, 0.1) is 0 Å². The minimum Gasteiger partial charge on any atom is -0.445 e. The molecule has 0 atom stereocenters. The molecule has 2 amide bonds. The largest absolute Gasteiger partial charge is 0.445 e. The standard InChI is InChI=1S/C25H34N2O3/c28-23(26-9-5-2-6-10-26)17-27(24(29)30-18-19-7-3-1-4-8-19)25-14-20-11-21(15-25)13-22(12-20)16-25/h1,3-4,7-8,20-22H,2,5-6,9-18H2. The van der Waals surface area contributed by atoms with Gasteiger partial charge in [0.1, 0.15) is 13.2 Å². The van der Waals surface area contributed by atoms with Gasteiger partial charge in [-0.05, 0) is 81.1 Å². The van der Waals surface area contributed by atoms with Crippen LogP contribution in [0.25, 0.3) is 0 Å². The third-order valence-corrected chi connectivity index (χ3v) is 8.01. The summed E-state index contributed by atoms with van der Waals surface area (Å²) in [5, 5.41) is 0. The molecule has 5 nitrogen and oxygen atoms in total. The highest BCUT2D eigenvalue weighted by Gasteiger charge is 2.55. The number of amides is 2. The number of carbonyl (C=O) groups is 2. The maximum absolute atomic E-state index is 13.4. The minimum atomic E-state index is -0.300. The molecule has 1 aromatic rings. The first-order chi connectivity index (χ1) is 14.6. The Morgan fingerprint density at radius 3 is 2.13 bits per heavy atom. The van der Waals surface area contributed by atoms with Gasteiger partial charge in [0.25, 0.3) is 0 Å². The third-order valence-electron chi connectivity index (χ3n) is 8.01. The third kappa shape index (κ3) is 3.95. The minimum absolute atomic E-state index is 0.0992. The summed E-state index contributed by atoms with van der Waals surface area (Å²) in [5.74, 6) is 2.24. The van der Waals surface area contributed by atoms with Crippen LogP contribution >= 0.6 is 0 Å². The van der Waals surface area contributed by atoms with E-state index < -0.39 is 0 Å². The van der Waals surface area contributed by atoms with E-state index in [4.69, 9.17) is 4.74 Å². The summed E-state index contributed by atoms with van der Waals surface area (Å²) in [5.41, 5.74) is 0.812. The number of hydrogen-bond donors (Lipinski definition) is 0. The number of carbonyl (C=O) groups excluding carboxylic acids is 2. The molecule has 1 aliphatic heterocycles. The number of rotatable bonds is 5. The van der Waals surface area contributed by atoms with Gasteiger partial charge < -0.3 is 9.64 Å². The average Bonchev–Trinajstić information content (AvgIpc) is 2.76. The maximum atomic E-state index is 13.4. The lowest BCUT2D eigenvalue weighted by Crippen LogP contribution is -2.63. The van der Waals surface area contributed by atoms with E-state index in [1.807, 2.05) is 40.1 Å². The SMILES string of the molecule is O=C(CN(C(=O)OCc1ccccc1)C12CC3CC(CC(C3)C1)C2)N1CCCCC1. The van der Waals surface area contributed by atoms with Crippen molar-refractivity contribution in [3.63, 3.8) is 0 Å². The molecule has 1 heterocycles. The van der Waals surface area contributed by atoms with E-state index in [1.54, 1.807) is 0 Å². The van der Waals surface area contributed by atoms with Crippen molar-refractivity contribution in [3.8, 4) is 0 Å². The van der Waals surface area contributed by atoms with Crippen molar-refractivity contribution in [2.75, 3.05) is 19.6 Å². The number of benzene rings is 1. The summed E-state index contributed by atoms with van der Waals surface area (Å²) in [6.45, 7) is 2.10. The van der Waals surface area contributed by atoms with Crippen molar-refractivity contribution >= 4 is 12.0 Å². The van der Waals surface area contributed by atoms with Gasteiger partial charge >= 0.3 is 6.09 Å². The Bertz CT molecular complexity index is 737. The zero-order valence-corrected chi connectivity index (χ0v) is 17.9. The maximum Gasteiger partial charge on any atom is 0.411 e. The lowest BCUT2D eigenvalue weighted by atomic mass is 9.52. The summed E-state index contributed by atoms with van der Waals surface area (Å²) in [4.78, 5) is 30.4.